The predicted octanol–water partition coefficient (Wildman–Crippen LogP) is 1.53. The van der Waals surface area contributed by atoms with Gasteiger partial charge < -0.3 is 5.32 Å². The van der Waals surface area contributed by atoms with Gasteiger partial charge in [0.25, 0.3) is 0 Å². The van der Waals surface area contributed by atoms with Crippen molar-refractivity contribution < 1.29 is 4.79 Å². The molecule has 0 aromatic carbocycles. The lowest BCUT2D eigenvalue weighted by atomic mass is 10.1. The van der Waals surface area contributed by atoms with Crippen LogP contribution in [0, 0.1) is 6.92 Å². The minimum atomic E-state index is 0.0815. The maximum absolute atomic E-state index is 11.3. The van der Waals surface area contributed by atoms with Crippen molar-refractivity contribution in [1.82, 2.24) is 5.32 Å². The van der Waals surface area contributed by atoms with Gasteiger partial charge >= 0.3 is 0 Å². The Morgan fingerprint density at radius 3 is 3.00 bits per heavy atom. The summed E-state index contributed by atoms with van der Waals surface area (Å²) in [4.78, 5) is 14.0. The van der Waals surface area contributed by atoms with Crippen LogP contribution in [0.3, 0.4) is 0 Å². The Hall–Kier alpha value is -0.670. The third-order valence-corrected chi connectivity index (χ3v) is 3.38. The molecule has 2 heterocycles. The van der Waals surface area contributed by atoms with Crippen molar-refractivity contribution in [3.63, 3.8) is 0 Å². The number of nitrogens with one attached hydrogen (secondary N) is 1. The summed E-state index contributed by atoms with van der Waals surface area (Å²) < 4.78 is 0. The van der Waals surface area contributed by atoms with Crippen LogP contribution >= 0.6 is 11.3 Å². The monoisotopic (exact) mass is 195 g/mol. The highest BCUT2D eigenvalue weighted by atomic mass is 32.1. The molecule has 13 heavy (non-hydrogen) atoms. The summed E-state index contributed by atoms with van der Waals surface area (Å²) in [6, 6.07) is 4.31. The quantitative estimate of drug-likeness (QED) is 0.775. The van der Waals surface area contributed by atoms with Gasteiger partial charge in [-0.05, 0) is 19.1 Å². The van der Waals surface area contributed by atoms with Crippen molar-refractivity contribution in [3.8, 4) is 0 Å². The highest BCUT2D eigenvalue weighted by Crippen LogP contribution is 2.18. The molecule has 1 aliphatic rings. The van der Waals surface area contributed by atoms with E-state index in [1.807, 2.05) is 0 Å². The van der Waals surface area contributed by atoms with Crippen molar-refractivity contribution in [3.05, 3.63) is 21.9 Å². The molecule has 1 aromatic rings. The SMILES string of the molecule is Cc1ccc(CC2NCCC2=O)s1. The molecule has 0 saturated carbocycles. The Balaban J connectivity index is 2.01. The average molecular weight is 195 g/mol. The number of hydrogen-bond donors (Lipinski definition) is 1. The summed E-state index contributed by atoms with van der Waals surface area (Å²) in [5, 5.41) is 3.22. The maximum Gasteiger partial charge on any atom is 0.151 e. The first-order valence-corrected chi connectivity index (χ1v) is 5.39. The Morgan fingerprint density at radius 1 is 1.62 bits per heavy atom. The number of hydrogen-bond acceptors (Lipinski definition) is 3. The molecular weight excluding hydrogens is 182 g/mol. The van der Waals surface area contributed by atoms with Gasteiger partial charge in [-0.2, -0.15) is 0 Å². The first-order chi connectivity index (χ1) is 6.25. The molecule has 0 aliphatic carbocycles. The molecule has 2 nitrogen and oxygen atoms in total. The zero-order valence-electron chi connectivity index (χ0n) is 7.67. The van der Waals surface area contributed by atoms with Gasteiger partial charge in [0.05, 0.1) is 6.04 Å². The second-order valence-electron chi connectivity index (χ2n) is 3.44. The fourth-order valence-corrected chi connectivity index (χ4v) is 2.58. The van der Waals surface area contributed by atoms with E-state index < -0.39 is 0 Å². The van der Waals surface area contributed by atoms with Gasteiger partial charge in [-0.3, -0.25) is 4.79 Å². The Bertz CT molecular complexity index is 318. The molecule has 2 rings (SSSR count). The predicted molar refractivity (Wildman–Crippen MR) is 54.2 cm³/mol. The molecule has 0 spiro atoms. The Morgan fingerprint density at radius 2 is 2.46 bits per heavy atom. The van der Waals surface area contributed by atoms with Crippen LogP contribution in [-0.4, -0.2) is 18.4 Å². The Labute approximate surface area is 82.0 Å². The van der Waals surface area contributed by atoms with Gasteiger partial charge in [-0.15, -0.1) is 11.3 Å². The van der Waals surface area contributed by atoms with E-state index in [0.717, 1.165) is 13.0 Å². The molecule has 1 fully saturated rings. The fraction of sp³-hybridized carbons (Fsp3) is 0.500. The highest BCUT2D eigenvalue weighted by molar-refractivity contribution is 7.11. The van der Waals surface area contributed by atoms with Gasteiger partial charge in [0.2, 0.25) is 0 Å². The molecule has 1 atom stereocenters. The molecule has 1 saturated heterocycles. The maximum atomic E-state index is 11.3. The van der Waals surface area contributed by atoms with E-state index in [9.17, 15) is 4.79 Å². The number of carbonyl (C=O) groups excluding carboxylic acids is 1. The second kappa shape index (κ2) is 3.60. The third kappa shape index (κ3) is 1.98. The van der Waals surface area contributed by atoms with Crippen LogP contribution in [0.2, 0.25) is 0 Å². The van der Waals surface area contributed by atoms with Crippen LogP contribution in [0.1, 0.15) is 16.2 Å². The highest BCUT2D eigenvalue weighted by Gasteiger charge is 2.23. The molecule has 0 bridgehead atoms. The fourth-order valence-electron chi connectivity index (χ4n) is 1.64. The van der Waals surface area contributed by atoms with Gasteiger partial charge in [0.1, 0.15) is 0 Å². The molecule has 1 aliphatic heterocycles. The van der Waals surface area contributed by atoms with Gasteiger partial charge in [0.15, 0.2) is 5.78 Å². The standard InChI is InChI=1S/C10H13NOS/c1-7-2-3-8(13-7)6-9-10(12)4-5-11-9/h2-3,9,11H,4-6H2,1H3. The van der Waals surface area contributed by atoms with E-state index in [1.54, 1.807) is 11.3 Å². The molecular formula is C10H13NOS. The number of carbonyl (C=O) groups is 1. The van der Waals surface area contributed by atoms with E-state index in [2.05, 4.69) is 24.4 Å². The molecule has 1 unspecified atom stereocenters. The molecule has 1 aromatic heterocycles. The first kappa shape index (κ1) is 8.91. The minimum absolute atomic E-state index is 0.0815. The molecule has 3 heteroatoms. The van der Waals surface area contributed by atoms with Crippen LogP contribution in [0.25, 0.3) is 0 Å². The average Bonchev–Trinajstić information content (AvgIpc) is 2.64. The van der Waals surface area contributed by atoms with E-state index in [0.29, 0.717) is 12.2 Å². The first-order valence-electron chi connectivity index (χ1n) is 4.57. The summed E-state index contributed by atoms with van der Waals surface area (Å²) in [7, 11) is 0. The van der Waals surface area contributed by atoms with E-state index >= 15 is 0 Å². The van der Waals surface area contributed by atoms with Crippen LogP contribution in [-0.2, 0) is 11.2 Å². The topological polar surface area (TPSA) is 29.1 Å². The lowest BCUT2D eigenvalue weighted by Crippen LogP contribution is -2.28. The zero-order chi connectivity index (χ0) is 9.26. The number of Topliss-reactive ketones (excluding diaryl/α,β-unsaturated/α-hetero) is 1. The van der Waals surface area contributed by atoms with E-state index in [1.165, 1.54) is 9.75 Å². The van der Waals surface area contributed by atoms with Crippen molar-refractivity contribution in [1.29, 1.82) is 0 Å². The summed E-state index contributed by atoms with van der Waals surface area (Å²) in [6.45, 7) is 2.95. The van der Waals surface area contributed by atoms with Crippen molar-refractivity contribution in [2.75, 3.05) is 6.54 Å². The summed E-state index contributed by atoms with van der Waals surface area (Å²) in [5.41, 5.74) is 0. The van der Waals surface area contributed by atoms with Crippen LogP contribution in [0.5, 0.6) is 0 Å². The number of ketones is 1. The summed E-state index contributed by atoms with van der Waals surface area (Å²) in [6.07, 6.45) is 1.58. The number of thiophene rings is 1. The zero-order valence-corrected chi connectivity index (χ0v) is 8.49. The van der Waals surface area contributed by atoms with Crippen LogP contribution in [0.4, 0.5) is 0 Å². The van der Waals surface area contributed by atoms with Crippen LogP contribution in [0.15, 0.2) is 12.1 Å². The summed E-state index contributed by atoms with van der Waals surface area (Å²) in [5.74, 6) is 0.367. The van der Waals surface area contributed by atoms with E-state index in [4.69, 9.17) is 0 Å². The Kier molecular flexibility index (Phi) is 2.47. The normalized spacial score (nSPS) is 22.5. The molecule has 0 amide bonds. The minimum Gasteiger partial charge on any atom is -0.307 e. The van der Waals surface area contributed by atoms with Gasteiger partial charge in [-0.25, -0.2) is 0 Å². The van der Waals surface area contributed by atoms with Crippen molar-refractivity contribution in [2.24, 2.45) is 0 Å². The number of aryl methyl sites for hydroxylation is 1. The smallest absolute Gasteiger partial charge is 0.151 e. The lowest BCUT2D eigenvalue weighted by Gasteiger charge is -2.05. The van der Waals surface area contributed by atoms with Crippen LogP contribution < -0.4 is 5.32 Å². The lowest BCUT2D eigenvalue weighted by molar-refractivity contribution is -0.118. The van der Waals surface area contributed by atoms with Crippen molar-refractivity contribution in [2.45, 2.75) is 25.8 Å². The van der Waals surface area contributed by atoms with Gasteiger partial charge in [0, 0.05) is 29.1 Å². The van der Waals surface area contributed by atoms with Crippen molar-refractivity contribution >= 4 is 17.1 Å². The molecule has 0 radical (unpaired) electrons. The largest absolute Gasteiger partial charge is 0.307 e. The molecule has 1 N–H and O–H groups in total. The van der Waals surface area contributed by atoms with Gasteiger partial charge in [-0.1, -0.05) is 0 Å². The second-order valence-corrected chi connectivity index (χ2v) is 4.81. The number of rotatable bonds is 2. The third-order valence-electron chi connectivity index (χ3n) is 2.35. The summed E-state index contributed by atoms with van der Waals surface area (Å²) >= 11 is 1.78. The molecule has 70 valence electrons. The van der Waals surface area contributed by atoms with E-state index in [-0.39, 0.29) is 6.04 Å².